The van der Waals surface area contributed by atoms with Crippen LogP contribution in [-0.4, -0.2) is 36.0 Å². The fourth-order valence-corrected chi connectivity index (χ4v) is 1.97. The molecule has 6 heteroatoms. The minimum Gasteiger partial charge on any atom is -0.445 e. The first-order chi connectivity index (χ1) is 10.1. The van der Waals surface area contributed by atoms with Crippen molar-refractivity contribution in [1.29, 1.82) is 5.26 Å². The molecule has 1 aliphatic heterocycles. The summed E-state index contributed by atoms with van der Waals surface area (Å²) >= 11 is 0. The predicted octanol–water partition coefficient (Wildman–Crippen LogP) is 1.28. The molecule has 1 fully saturated rings. The number of rotatable bonds is 4. The molecular weight excluding hydrogens is 270 g/mol. The number of nitrogens with one attached hydrogen (secondary N) is 1. The molecule has 2 rings (SSSR count). The number of amides is 2. The van der Waals surface area contributed by atoms with Gasteiger partial charge in [0.05, 0.1) is 12.0 Å². The van der Waals surface area contributed by atoms with Crippen molar-refractivity contribution in [3.63, 3.8) is 0 Å². The van der Waals surface area contributed by atoms with E-state index < -0.39 is 12.1 Å². The first kappa shape index (κ1) is 14.9. The smallest absolute Gasteiger partial charge is 0.410 e. The number of benzene rings is 1. The molecule has 1 N–H and O–H groups in total. The first-order valence-electron chi connectivity index (χ1n) is 6.75. The molecule has 1 aromatic carbocycles. The van der Waals surface area contributed by atoms with Gasteiger partial charge in [-0.15, -0.1) is 0 Å². The maximum Gasteiger partial charge on any atom is 0.410 e. The highest BCUT2D eigenvalue weighted by atomic mass is 16.6. The van der Waals surface area contributed by atoms with Crippen LogP contribution < -0.4 is 5.32 Å². The van der Waals surface area contributed by atoms with Crippen LogP contribution in [0.4, 0.5) is 4.79 Å². The summed E-state index contributed by atoms with van der Waals surface area (Å²) in [6, 6.07) is 10.8. The number of carbonyl (C=O) groups is 2. The van der Waals surface area contributed by atoms with E-state index in [4.69, 9.17) is 10.00 Å². The van der Waals surface area contributed by atoms with Crippen LogP contribution in [0.1, 0.15) is 12.5 Å². The minimum absolute atomic E-state index is 0.198. The SMILES string of the molecule is CC(C#N)NC(=O)C1CN(C(=O)OCc2ccccc2)C1. The van der Waals surface area contributed by atoms with Gasteiger partial charge >= 0.3 is 6.09 Å². The van der Waals surface area contributed by atoms with Crippen molar-refractivity contribution in [2.75, 3.05) is 13.1 Å². The molecule has 0 bridgehead atoms. The number of nitrogens with zero attached hydrogens (tertiary/aromatic N) is 2. The Morgan fingerprint density at radius 3 is 2.71 bits per heavy atom. The molecule has 0 aliphatic carbocycles. The molecule has 0 radical (unpaired) electrons. The molecule has 110 valence electrons. The van der Waals surface area contributed by atoms with E-state index in [0.717, 1.165) is 5.56 Å². The van der Waals surface area contributed by atoms with Crippen molar-refractivity contribution < 1.29 is 14.3 Å². The first-order valence-corrected chi connectivity index (χ1v) is 6.75. The van der Waals surface area contributed by atoms with E-state index in [1.54, 1.807) is 6.92 Å². The van der Waals surface area contributed by atoms with Gasteiger partial charge in [-0.2, -0.15) is 5.26 Å². The van der Waals surface area contributed by atoms with E-state index in [0.29, 0.717) is 13.1 Å². The van der Waals surface area contributed by atoms with E-state index in [2.05, 4.69) is 5.32 Å². The van der Waals surface area contributed by atoms with Gasteiger partial charge in [0, 0.05) is 13.1 Å². The summed E-state index contributed by atoms with van der Waals surface area (Å²) in [5.41, 5.74) is 0.920. The molecule has 21 heavy (non-hydrogen) atoms. The minimum atomic E-state index is -0.517. The monoisotopic (exact) mass is 287 g/mol. The molecule has 0 aromatic heterocycles. The Balaban J connectivity index is 1.70. The lowest BCUT2D eigenvalue weighted by Gasteiger charge is -2.37. The van der Waals surface area contributed by atoms with Gasteiger partial charge in [-0.25, -0.2) is 4.79 Å². The number of hydrogen-bond acceptors (Lipinski definition) is 4. The topological polar surface area (TPSA) is 82.4 Å². The number of ether oxygens (including phenoxy) is 1. The van der Waals surface area contributed by atoms with E-state index >= 15 is 0 Å². The second kappa shape index (κ2) is 6.75. The maximum atomic E-state index is 11.8. The average Bonchev–Trinajstić information content (AvgIpc) is 2.44. The summed E-state index contributed by atoms with van der Waals surface area (Å²) in [6.07, 6.45) is -0.420. The van der Waals surface area contributed by atoms with Gasteiger partial charge in [-0.05, 0) is 12.5 Å². The van der Waals surface area contributed by atoms with Crippen LogP contribution in [-0.2, 0) is 16.1 Å². The fraction of sp³-hybridized carbons (Fsp3) is 0.400. The lowest BCUT2D eigenvalue weighted by Crippen LogP contribution is -2.56. The fourth-order valence-electron chi connectivity index (χ4n) is 1.97. The third-order valence-electron chi connectivity index (χ3n) is 3.27. The summed E-state index contributed by atoms with van der Waals surface area (Å²) in [4.78, 5) is 24.9. The van der Waals surface area contributed by atoms with Crippen LogP contribution in [0.25, 0.3) is 0 Å². The molecule has 2 amide bonds. The molecule has 1 unspecified atom stereocenters. The van der Waals surface area contributed by atoms with Crippen LogP contribution in [0.5, 0.6) is 0 Å². The molecule has 0 spiro atoms. The van der Waals surface area contributed by atoms with Crippen LogP contribution >= 0.6 is 0 Å². The van der Waals surface area contributed by atoms with Crippen LogP contribution in [0.15, 0.2) is 30.3 Å². The highest BCUT2D eigenvalue weighted by Gasteiger charge is 2.36. The molecular formula is C15H17N3O3. The Morgan fingerprint density at radius 1 is 1.43 bits per heavy atom. The zero-order valence-corrected chi connectivity index (χ0v) is 11.8. The summed E-state index contributed by atoms with van der Waals surface area (Å²) in [6.45, 7) is 2.50. The number of carbonyl (C=O) groups excluding carboxylic acids is 2. The Hall–Kier alpha value is -2.55. The van der Waals surface area contributed by atoms with Crippen molar-refractivity contribution in [3.05, 3.63) is 35.9 Å². The van der Waals surface area contributed by atoms with Crippen molar-refractivity contribution >= 4 is 12.0 Å². The van der Waals surface area contributed by atoms with Gasteiger partial charge in [0.15, 0.2) is 0 Å². The Bertz CT molecular complexity index is 547. The zero-order valence-electron chi connectivity index (χ0n) is 11.8. The molecule has 1 aliphatic rings. The molecule has 6 nitrogen and oxygen atoms in total. The summed E-state index contributed by atoms with van der Waals surface area (Å²) < 4.78 is 5.17. The Labute approximate surface area is 123 Å². The van der Waals surface area contributed by atoms with E-state index in [1.807, 2.05) is 36.4 Å². The molecule has 1 aromatic rings. The van der Waals surface area contributed by atoms with Crippen LogP contribution in [0.2, 0.25) is 0 Å². The predicted molar refractivity (Wildman–Crippen MR) is 74.9 cm³/mol. The second-order valence-electron chi connectivity index (χ2n) is 5.00. The molecule has 1 saturated heterocycles. The normalized spacial score (nSPS) is 15.5. The highest BCUT2D eigenvalue weighted by Crippen LogP contribution is 2.17. The van der Waals surface area contributed by atoms with E-state index in [-0.39, 0.29) is 18.4 Å². The summed E-state index contributed by atoms with van der Waals surface area (Å²) in [5.74, 6) is -0.457. The number of hydrogen-bond donors (Lipinski definition) is 1. The number of nitriles is 1. The van der Waals surface area contributed by atoms with Crippen molar-refractivity contribution in [1.82, 2.24) is 10.2 Å². The van der Waals surface area contributed by atoms with E-state index in [1.165, 1.54) is 4.90 Å². The summed E-state index contributed by atoms with van der Waals surface area (Å²) in [7, 11) is 0. The Kier molecular flexibility index (Phi) is 4.77. The van der Waals surface area contributed by atoms with Crippen molar-refractivity contribution in [3.8, 4) is 6.07 Å². The Morgan fingerprint density at radius 2 is 2.10 bits per heavy atom. The lowest BCUT2D eigenvalue weighted by molar-refractivity contribution is -0.129. The maximum absolute atomic E-state index is 11.8. The quantitative estimate of drug-likeness (QED) is 0.904. The van der Waals surface area contributed by atoms with Crippen LogP contribution in [0.3, 0.4) is 0 Å². The van der Waals surface area contributed by atoms with Crippen LogP contribution in [0, 0.1) is 17.2 Å². The largest absolute Gasteiger partial charge is 0.445 e. The van der Waals surface area contributed by atoms with Crippen molar-refractivity contribution in [2.45, 2.75) is 19.6 Å². The van der Waals surface area contributed by atoms with Gasteiger partial charge in [0.1, 0.15) is 12.6 Å². The average molecular weight is 287 g/mol. The van der Waals surface area contributed by atoms with Gasteiger partial charge < -0.3 is 15.0 Å². The molecule has 1 atom stereocenters. The summed E-state index contributed by atoms with van der Waals surface area (Å²) in [5, 5.41) is 11.2. The van der Waals surface area contributed by atoms with Gasteiger partial charge in [-0.1, -0.05) is 30.3 Å². The van der Waals surface area contributed by atoms with Crippen molar-refractivity contribution in [2.24, 2.45) is 5.92 Å². The molecule has 1 heterocycles. The lowest BCUT2D eigenvalue weighted by atomic mass is 10.00. The van der Waals surface area contributed by atoms with Gasteiger partial charge in [0.2, 0.25) is 5.91 Å². The zero-order chi connectivity index (χ0) is 15.2. The second-order valence-corrected chi connectivity index (χ2v) is 5.00. The van der Waals surface area contributed by atoms with E-state index in [9.17, 15) is 9.59 Å². The third kappa shape index (κ3) is 3.96. The van der Waals surface area contributed by atoms with Gasteiger partial charge in [-0.3, -0.25) is 4.79 Å². The number of likely N-dealkylation sites (tertiary alicyclic amines) is 1. The van der Waals surface area contributed by atoms with Gasteiger partial charge in [0.25, 0.3) is 0 Å². The molecule has 0 saturated carbocycles. The third-order valence-corrected chi connectivity index (χ3v) is 3.27. The highest BCUT2D eigenvalue weighted by molar-refractivity contribution is 5.82. The standard InChI is InChI=1S/C15H17N3O3/c1-11(7-16)17-14(19)13-8-18(9-13)15(20)21-10-12-5-3-2-4-6-12/h2-6,11,13H,8-10H2,1H3,(H,17,19).